The van der Waals surface area contributed by atoms with E-state index < -0.39 is 46.1 Å². The minimum atomic E-state index is -2.45. The molecule has 1 aromatic heterocycles. The molecular weight excluding hydrogens is 433 g/mol. The highest BCUT2D eigenvalue weighted by Gasteiger charge is 2.23. The first-order valence-corrected chi connectivity index (χ1v) is 10.1. The summed E-state index contributed by atoms with van der Waals surface area (Å²) in [7, 11) is 1.39. The van der Waals surface area contributed by atoms with E-state index in [9.17, 15) is 27.0 Å². The molecule has 1 heterocycles. The van der Waals surface area contributed by atoms with E-state index in [4.69, 9.17) is 4.55 Å². The Morgan fingerprint density at radius 2 is 1.71 bits per heavy atom. The Bertz CT molecular complexity index is 1240. The molecule has 0 bridgehead atoms. The average molecular weight is 450 g/mol. The minimum absolute atomic E-state index is 0.0313. The summed E-state index contributed by atoms with van der Waals surface area (Å²) >= 11 is -2.45. The molecule has 2 aromatic carbocycles. The van der Waals surface area contributed by atoms with Crippen LogP contribution in [0.25, 0.3) is 11.1 Å². The normalized spacial score (nSPS) is 13.1. The van der Waals surface area contributed by atoms with Gasteiger partial charge in [0.15, 0.2) is 5.78 Å². The Labute approximate surface area is 177 Å². The number of aromatic nitrogens is 1. The first-order valence-electron chi connectivity index (χ1n) is 8.95. The zero-order valence-corrected chi connectivity index (χ0v) is 17.2. The molecular formula is C21H17F3N2O4S. The second-order valence-electron chi connectivity index (χ2n) is 6.83. The molecule has 10 heteroatoms. The third-order valence-electron chi connectivity index (χ3n) is 4.70. The van der Waals surface area contributed by atoms with Gasteiger partial charge in [-0.15, -0.1) is 0 Å². The van der Waals surface area contributed by atoms with Crippen molar-refractivity contribution in [3.8, 4) is 11.1 Å². The van der Waals surface area contributed by atoms with Gasteiger partial charge in [0.1, 0.15) is 17.5 Å². The topological polar surface area (TPSA) is 88.4 Å². The number of halogens is 3. The van der Waals surface area contributed by atoms with Crippen LogP contribution in [0.4, 0.5) is 13.2 Å². The molecule has 0 aliphatic rings. The summed E-state index contributed by atoms with van der Waals surface area (Å²) in [6.45, 7) is 1.41. The van der Waals surface area contributed by atoms with E-state index in [2.05, 4.69) is 4.72 Å². The second kappa shape index (κ2) is 8.96. The Morgan fingerprint density at radius 1 is 1.06 bits per heavy atom. The molecule has 6 nitrogen and oxygen atoms in total. The number of nitrogens with one attached hydrogen (secondary N) is 1. The van der Waals surface area contributed by atoms with E-state index in [1.807, 2.05) is 0 Å². The van der Waals surface area contributed by atoms with E-state index in [0.29, 0.717) is 0 Å². The van der Waals surface area contributed by atoms with Gasteiger partial charge in [-0.1, -0.05) is 0 Å². The summed E-state index contributed by atoms with van der Waals surface area (Å²) in [6.07, 6.45) is 1.17. The van der Waals surface area contributed by atoms with Crippen LogP contribution in [-0.2, 0) is 18.3 Å². The zero-order chi connectivity index (χ0) is 22.9. The van der Waals surface area contributed by atoms with Gasteiger partial charge in [-0.25, -0.2) is 22.1 Å². The highest BCUT2D eigenvalue weighted by molar-refractivity contribution is 7.77. The molecule has 0 fully saturated rings. The summed E-state index contributed by atoms with van der Waals surface area (Å²) in [5.41, 5.74) is -1.07. The molecule has 0 aliphatic carbocycles. The molecule has 0 spiro atoms. The minimum Gasteiger partial charge on any atom is -0.318 e. The van der Waals surface area contributed by atoms with Gasteiger partial charge in [0.2, 0.25) is 11.3 Å². The molecule has 2 unspecified atom stereocenters. The van der Waals surface area contributed by atoms with Gasteiger partial charge in [0.25, 0.3) is 5.56 Å². The van der Waals surface area contributed by atoms with Crippen molar-refractivity contribution in [1.29, 1.82) is 0 Å². The van der Waals surface area contributed by atoms with Crippen molar-refractivity contribution in [2.45, 2.75) is 13.0 Å². The van der Waals surface area contributed by atoms with Crippen molar-refractivity contribution in [3.63, 3.8) is 0 Å². The first-order chi connectivity index (χ1) is 14.6. The summed E-state index contributed by atoms with van der Waals surface area (Å²) in [5.74, 6) is -3.07. The maximum atomic E-state index is 14.8. The lowest BCUT2D eigenvalue weighted by molar-refractivity contribution is 0.103. The fraction of sp³-hybridized carbons (Fsp3) is 0.143. The van der Waals surface area contributed by atoms with Crippen LogP contribution in [0.3, 0.4) is 0 Å². The third kappa shape index (κ3) is 4.82. The molecule has 0 saturated carbocycles. The van der Waals surface area contributed by atoms with Gasteiger partial charge in [-0.3, -0.25) is 14.1 Å². The lowest BCUT2D eigenvalue weighted by Crippen LogP contribution is -2.22. The monoisotopic (exact) mass is 450 g/mol. The quantitative estimate of drug-likeness (QED) is 0.445. The number of hydrogen-bond donors (Lipinski definition) is 2. The van der Waals surface area contributed by atoms with Crippen molar-refractivity contribution in [3.05, 3.63) is 93.2 Å². The largest absolute Gasteiger partial charge is 0.318 e. The molecule has 162 valence electrons. The van der Waals surface area contributed by atoms with Gasteiger partial charge < -0.3 is 4.57 Å². The van der Waals surface area contributed by atoms with Crippen molar-refractivity contribution in [2.75, 3.05) is 0 Å². The number of hydrogen-bond acceptors (Lipinski definition) is 3. The van der Waals surface area contributed by atoms with Crippen molar-refractivity contribution in [2.24, 2.45) is 7.05 Å². The van der Waals surface area contributed by atoms with Crippen LogP contribution in [0.15, 0.2) is 53.5 Å². The van der Waals surface area contributed by atoms with Gasteiger partial charge in [0, 0.05) is 47.6 Å². The van der Waals surface area contributed by atoms with Gasteiger partial charge in [-0.2, -0.15) is 0 Å². The van der Waals surface area contributed by atoms with Gasteiger partial charge in [0.05, 0.1) is 0 Å². The average Bonchev–Trinajstić information content (AvgIpc) is 2.70. The van der Waals surface area contributed by atoms with Crippen LogP contribution < -0.4 is 10.3 Å². The number of rotatable bonds is 6. The van der Waals surface area contributed by atoms with E-state index in [0.717, 1.165) is 28.8 Å². The number of carbonyl (C=O) groups is 1. The highest BCUT2D eigenvalue weighted by Crippen LogP contribution is 2.32. The smallest absolute Gasteiger partial charge is 0.253 e. The Morgan fingerprint density at radius 3 is 2.32 bits per heavy atom. The first kappa shape index (κ1) is 22.6. The summed E-state index contributed by atoms with van der Waals surface area (Å²) in [6, 6.07) is 6.39. The molecule has 0 amide bonds. The van der Waals surface area contributed by atoms with Crippen LogP contribution in [-0.4, -0.2) is 19.1 Å². The Hall–Kier alpha value is -3.08. The number of pyridine rings is 1. The van der Waals surface area contributed by atoms with Gasteiger partial charge in [-0.05, 0) is 48.9 Å². The van der Waals surface area contributed by atoms with E-state index in [1.165, 1.54) is 38.4 Å². The van der Waals surface area contributed by atoms with Crippen LogP contribution >= 0.6 is 0 Å². The van der Waals surface area contributed by atoms with Crippen molar-refractivity contribution >= 4 is 17.0 Å². The fourth-order valence-corrected chi connectivity index (χ4v) is 3.54. The van der Waals surface area contributed by atoms with Crippen LogP contribution in [0.1, 0.15) is 34.5 Å². The van der Waals surface area contributed by atoms with Crippen LogP contribution in [0.2, 0.25) is 0 Å². The Balaban J connectivity index is 2.27. The molecule has 2 atom stereocenters. The van der Waals surface area contributed by atoms with Crippen molar-refractivity contribution < 1.29 is 26.7 Å². The maximum Gasteiger partial charge on any atom is 0.253 e. The third-order valence-corrected chi connectivity index (χ3v) is 5.26. The summed E-state index contributed by atoms with van der Waals surface area (Å²) < 4.78 is 66.2. The molecule has 3 aromatic rings. The van der Waals surface area contributed by atoms with E-state index in [-0.39, 0.29) is 27.8 Å². The number of benzene rings is 2. The second-order valence-corrected chi connectivity index (χ2v) is 7.56. The molecule has 3 rings (SSSR count). The lowest BCUT2D eigenvalue weighted by Gasteiger charge is -2.17. The maximum absolute atomic E-state index is 14.8. The molecule has 31 heavy (non-hydrogen) atoms. The van der Waals surface area contributed by atoms with Crippen LogP contribution in [0, 0.1) is 17.5 Å². The number of carbonyl (C=O) groups excluding carboxylic acids is 1. The predicted molar refractivity (Wildman–Crippen MR) is 109 cm³/mol. The number of nitrogens with zero attached hydrogens (tertiary/aromatic N) is 1. The van der Waals surface area contributed by atoms with E-state index >= 15 is 0 Å². The number of aryl methyl sites for hydroxylation is 1. The van der Waals surface area contributed by atoms with Crippen LogP contribution in [0.5, 0.6) is 0 Å². The molecule has 0 radical (unpaired) electrons. The molecule has 0 aliphatic heterocycles. The van der Waals surface area contributed by atoms with Crippen molar-refractivity contribution in [1.82, 2.24) is 9.29 Å². The standard InChI is InChI=1S/C21H17F3N2O4S/c1-11(25-31(29)30)14-7-15(17-10-26(2)20(27)9-19(17)24)16(8-18(14)23)21(28)12-3-5-13(22)6-4-12/h3-11,25H,1-2H3,(H,29,30). The SMILES string of the molecule is CC(NS(=O)O)c1cc(-c2cn(C)c(=O)cc2F)c(C(=O)c2ccc(F)cc2)cc1F. The Kier molecular flexibility index (Phi) is 6.54. The molecule has 2 N–H and O–H groups in total. The lowest BCUT2D eigenvalue weighted by atomic mass is 9.91. The highest BCUT2D eigenvalue weighted by atomic mass is 32.2. The zero-order valence-electron chi connectivity index (χ0n) is 16.4. The fourth-order valence-electron chi connectivity index (χ4n) is 3.11. The summed E-state index contributed by atoms with van der Waals surface area (Å²) in [4.78, 5) is 24.8. The predicted octanol–water partition coefficient (Wildman–Crippen LogP) is 3.49. The summed E-state index contributed by atoms with van der Waals surface area (Å²) in [5, 5.41) is 0. The molecule has 0 saturated heterocycles. The van der Waals surface area contributed by atoms with E-state index in [1.54, 1.807) is 0 Å². The van der Waals surface area contributed by atoms with Gasteiger partial charge >= 0.3 is 0 Å². The number of ketones is 1.